The van der Waals surface area contributed by atoms with E-state index in [0.29, 0.717) is 5.69 Å². The maximum atomic E-state index is 5.73. The van der Waals surface area contributed by atoms with Crippen molar-refractivity contribution in [2.24, 2.45) is 0 Å². The largest absolute Gasteiger partial charge is 0.397 e. The first-order valence-corrected chi connectivity index (χ1v) is 3.74. The quantitative estimate of drug-likeness (QED) is 0.594. The van der Waals surface area contributed by atoms with E-state index in [1.807, 2.05) is 30.3 Å². The molecule has 0 saturated carbocycles. The number of para-hydroxylation sites is 1. The molecule has 0 fully saturated rings. The zero-order valence-corrected chi connectivity index (χ0v) is 6.62. The molecule has 2 heteroatoms. The molecule has 59 valence electrons. The first-order chi connectivity index (χ1) is 5.77. The topological polar surface area (TPSA) is 38.9 Å². The Hall–Kier alpha value is -1.57. The van der Waals surface area contributed by atoms with Crippen molar-refractivity contribution in [1.29, 1.82) is 0 Å². The van der Waals surface area contributed by atoms with Crippen molar-refractivity contribution in [3.63, 3.8) is 0 Å². The van der Waals surface area contributed by atoms with Gasteiger partial charge < -0.3 is 5.73 Å². The van der Waals surface area contributed by atoms with Crippen LogP contribution < -0.4 is 5.73 Å². The molecule has 1 radical (unpaired) electrons. The maximum Gasteiger partial charge on any atom is 0.0934 e. The normalized spacial score (nSPS) is 10.4. The van der Waals surface area contributed by atoms with Gasteiger partial charge in [0.1, 0.15) is 0 Å². The van der Waals surface area contributed by atoms with Gasteiger partial charge in [-0.15, -0.1) is 0 Å². The summed E-state index contributed by atoms with van der Waals surface area (Å²) in [5, 5.41) is 1.06. The number of fused-ring (bicyclic) bond motifs is 1. The zero-order chi connectivity index (χ0) is 8.55. The van der Waals surface area contributed by atoms with Crippen molar-refractivity contribution in [3.05, 3.63) is 42.9 Å². The van der Waals surface area contributed by atoms with Crippen molar-refractivity contribution in [1.82, 2.24) is 4.98 Å². The predicted molar refractivity (Wildman–Crippen MR) is 50.6 cm³/mol. The van der Waals surface area contributed by atoms with Gasteiger partial charge in [-0.25, -0.2) is 0 Å². The number of nitrogens with two attached hydrogens (primary N) is 1. The van der Waals surface area contributed by atoms with Crippen LogP contribution in [0.5, 0.6) is 0 Å². The Balaban J connectivity index is 2.88. The Kier molecular flexibility index (Phi) is 1.47. The lowest BCUT2D eigenvalue weighted by Gasteiger charge is -2.00. The molecule has 0 amide bonds. The van der Waals surface area contributed by atoms with Gasteiger partial charge in [-0.05, 0) is 19.1 Å². The molecule has 1 aromatic heterocycles. The first-order valence-electron chi connectivity index (χ1n) is 3.74. The number of aromatic nitrogens is 1. The summed E-state index contributed by atoms with van der Waals surface area (Å²) in [5.74, 6) is 0. The van der Waals surface area contributed by atoms with Crippen LogP contribution in [0.15, 0.2) is 30.3 Å². The highest BCUT2D eigenvalue weighted by molar-refractivity contribution is 5.89. The summed E-state index contributed by atoms with van der Waals surface area (Å²) in [6.45, 7) is 3.75. The first kappa shape index (κ1) is 7.10. The Morgan fingerprint density at radius 1 is 1.17 bits per heavy atom. The van der Waals surface area contributed by atoms with Crippen molar-refractivity contribution >= 4 is 16.6 Å². The van der Waals surface area contributed by atoms with Gasteiger partial charge in [0.2, 0.25) is 0 Å². The molecule has 2 N–H and O–H groups in total. The molecule has 1 heterocycles. The molecule has 2 nitrogen and oxygen atoms in total. The van der Waals surface area contributed by atoms with Crippen LogP contribution in [-0.4, -0.2) is 4.98 Å². The van der Waals surface area contributed by atoms with Gasteiger partial charge in [-0.2, -0.15) is 0 Å². The lowest BCUT2D eigenvalue weighted by atomic mass is 10.2. The van der Waals surface area contributed by atoms with Crippen LogP contribution in [0.1, 0.15) is 5.69 Å². The summed E-state index contributed by atoms with van der Waals surface area (Å²) in [6.07, 6.45) is 0. The molecule has 2 rings (SSSR count). The van der Waals surface area contributed by atoms with Gasteiger partial charge in [0.25, 0.3) is 0 Å². The van der Waals surface area contributed by atoms with Gasteiger partial charge in [0.15, 0.2) is 0 Å². The number of anilines is 1. The van der Waals surface area contributed by atoms with Crippen molar-refractivity contribution < 1.29 is 0 Å². The summed E-state index contributed by atoms with van der Waals surface area (Å²) in [4.78, 5) is 4.24. The van der Waals surface area contributed by atoms with E-state index in [2.05, 4.69) is 11.9 Å². The van der Waals surface area contributed by atoms with Crippen LogP contribution in [-0.2, 0) is 0 Å². The molecule has 0 bridgehead atoms. The average Bonchev–Trinajstić information content (AvgIpc) is 2.07. The van der Waals surface area contributed by atoms with E-state index in [9.17, 15) is 0 Å². The summed E-state index contributed by atoms with van der Waals surface area (Å²) in [7, 11) is 0. The number of rotatable bonds is 0. The van der Waals surface area contributed by atoms with E-state index in [0.717, 1.165) is 16.6 Å². The average molecular weight is 157 g/mol. The van der Waals surface area contributed by atoms with Gasteiger partial charge in [0.05, 0.1) is 11.2 Å². The maximum absolute atomic E-state index is 5.73. The lowest BCUT2D eigenvalue weighted by molar-refractivity contribution is 1.34. The van der Waals surface area contributed by atoms with E-state index >= 15 is 0 Å². The summed E-state index contributed by atoms with van der Waals surface area (Å²) < 4.78 is 0. The van der Waals surface area contributed by atoms with Crippen molar-refractivity contribution in [3.8, 4) is 0 Å². The van der Waals surface area contributed by atoms with Crippen LogP contribution in [0.4, 0.5) is 5.69 Å². The van der Waals surface area contributed by atoms with E-state index < -0.39 is 0 Å². The number of pyridine rings is 1. The Morgan fingerprint density at radius 2 is 2.00 bits per heavy atom. The second-order valence-corrected chi connectivity index (χ2v) is 2.72. The molecule has 0 unspecified atom stereocenters. The summed E-state index contributed by atoms with van der Waals surface area (Å²) in [5.41, 5.74) is 8.03. The minimum atomic E-state index is 0.706. The van der Waals surface area contributed by atoms with Crippen molar-refractivity contribution in [2.75, 3.05) is 5.73 Å². The highest BCUT2D eigenvalue weighted by Gasteiger charge is 1.97. The fraction of sp³-hybridized carbons (Fsp3) is 0. The van der Waals surface area contributed by atoms with Crippen LogP contribution >= 0.6 is 0 Å². The second kappa shape index (κ2) is 2.48. The van der Waals surface area contributed by atoms with Crippen LogP contribution in [0.25, 0.3) is 10.9 Å². The van der Waals surface area contributed by atoms with E-state index in [4.69, 9.17) is 5.73 Å². The number of hydrogen-bond donors (Lipinski definition) is 1. The summed E-state index contributed by atoms with van der Waals surface area (Å²) in [6, 6.07) is 9.60. The van der Waals surface area contributed by atoms with Gasteiger partial charge >= 0.3 is 0 Å². The SMILES string of the molecule is [CH2]c1ccc2cccc(N)c2n1. The fourth-order valence-electron chi connectivity index (χ4n) is 1.21. The molecule has 1 aromatic carbocycles. The standard InChI is InChI=1S/C10H9N2/c1-7-5-6-8-3-2-4-9(11)10(8)12-7/h2-6H,1,11H2. The molecule has 0 aliphatic rings. The second-order valence-electron chi connectivity index (χ2n) is 2.72. The Bertz CT molecular complexity index is 421. The minimum absolute atomic E-state index is 0.706. The van der Waals surface area contributed by atoms with Gasteiger partial charge in [0, 0.05) is 11.1 Å². The zero-order valence-electron chi connectivity index (χ0n) is 6.62. The van der Waals surface area contributed by atoms with E-state index in [1.165, 1.54) is 0 Å². The number of benzene rings is 1. The highest BCUT2D eigenvalue weighted by Crippen LogP contribution is 2.18. The number of hydrogen-bond acceptors (Lipinski definition) is 2. The molecular weight excluding hydrogens is 148 g/mol. The van der Waals surface area contributed by atoms with Crippen LogP contribution in [0.3, 0.4) is 0 Å². The smallest absolute Gasteiger partial charge is 0.0934 e. The Labute approximate surface area is 71.0 Å². The third-order valence-corrected chi connectivity index (χ3v) is 1.81. The molecule has 2 aromatic rings. The Morgan fingerprint density at radius 3 is 2.83 bits per heavy atom. The molecule has 0 atom stereocenters. The molecule has 0 aliphatic carbocycles. The summed E-state index contributed by atoms with van der Waals surface area (Å²) >= 11 is 0. The number of nitrogens with zero attached hydrogens (tertiary/aromatic N) is 1. The van der Waals surface area contributed by atoms with Gasteiger partial charge in [-0.1, -0.05) is 18.2 Å². The molecule has 0 spiro atoms. The monoisotopic (exact) mass is 157 g/mol. The molecule has 0 saturated heterocycles. The fourth-order valence-corrected chi connectivity index (χ4v) is 1.21. The third-order valence-electron chi connectivity index (χ3n) is 1.81. The third kappa shape index (κ3) is 1.01. The predicted octanol–water partition coefficient (Wildman–Crippen LogP) is 2.00. The lowest BCUT2D eigenvalue weighted by Crippen LogP contribution is -1.90. The molecular formula is C10H9N2. The van der Waals surface area contributed by atoms with E-state index in [-0.39, 0.29) is 0 Å². The molecule has 0 aliphatic heterocycles. The molecule has 12 heavy (non-hydrogen) atoms. The minimum Gasteiger partial charge on any atom is -0.397 e. The highest BCUT2D eigenvalue weighted by atomic mass is 14.7. The number of nitrogen functional groups attached to an aromatic ring is 1. The van der Waals surface area contributed by atoms with E-state index in [1.54, 1.807) is 0 Å². The van der Waals surface area contributed by atoms with Crippen LogP contribution in [0, 0.1) is 6.92 Å². The van der Waals surface area contributed by atoms with Crippen LogP contribution in [0.2, 0.25) is 0 Å². The van der Waals surface area contributed by atoms with Crippen molar-refractivity contribution in [2.45, 2.75) is 0 Å². The van der Waals surface area contributed by atoms with Gasteiger partial charge in [-0.3, -0.25) is 4.98 Å².